The predicted molar refractivity (Wildman–Crippen MR) is 73.7 cm³/mol. The van der Waals surface area contributed by atoms with Crippen molar-refractivity contribution in [3.05, 3.63) is 24.0 Å². The van der Waals surface area contributed by atoms with E-state index >= 15 is 0 Å². The van der Waals surface area contributed by atoms with E-state index in [1.807, 2.05) is 4.90 Å². The fourth-order valence-electron chi connectivity index (χ4n) is 3.21. The summed E-state index contributed by atoms with van der Waals surface area (Å²) in [5, 5.41) is 0. The lowest BCUT2D eigenvalue weighted by molar-refractivity contribution is 0.0396. The first-order valence-corrected chi connectivity index (χ1v) is 6.91. The summed E-state index contributed by atoms with van der Waals surface area (Å²) >= 11 is 0. The summed E-state index contributed by atoms with van der Waals surface area (Å²) in [4.78, 5) is 21.1. The minimum absolute atomic E-state index is 0.0182. The molecule has 5 heteroatoms. The van der Waals surface area contributed by atoms with Crippen LogP contribution in [-0.4, -0.2) is 52.4 Å². The zero-order chi connectivity index (χ0) is 13.4. The van der Waals surface area contributed by atoms with Gasteiger partial charge in [-0.25, -0.2) is 0 Å². The minimum Gasteiger partial charge on any atom is -0.398 e. The number of carbonyl (C=O) groups excluding carboxylic acids is 1. The Morgan fingerprint density at radius 2 is 2.32 bits per heavy atom. The molecule has 2 aliphatic heterocycles. The third-order valence-corrected chi connectivity index (χ3v) is 4.28. The number of nitrogens with two attached hydrogens (primary N) is 1. The van der Waals surface area contributed by atoms with Crippen LogP contribution >= 0.6 is 0 Å². The molecule has 2 aliphatic rings. The van der Waals surface area contributed by atoms with Crippen LogP contribution in [0, 0.1) is 0 Å². The van der Waals surface area contributed by atoms with Crippen LogP contribution in [0.2, 0.25) is 0 Å². The van der Waals surface area contributed by atoms with Crippen LogP contribution in [0.4, 0.5) is 5.69 Å². The molecule has 0 aromatic carbocycles. The van der Waals surface area contributed by atoms with Crippen molar-refractivity contribution < 1.29 is 4.79 Å². The second kappa shape index (κ2) is 4.81. The number of nitrogen functional groups attached to an aromatic ring is 1. The van der Waals surface area contributed by atoms with Crippen molar-refractivity contribution in [3.8, 4) is 0 Å². The van der Waals surface area contributed by atoms with Gasteiger partial charge in [0, 0.05) is 43.3 Å². The van der Waals surface area contributed by atoms with Gasteiger partial charge in [0.25, 0.3) is 5.91 Å². The largest absolute Gasteiger partial charge is 0.398 e. The molecule has 1 aromatic rings. The summed E-state index contributed by atoms with van der Waals surface area (Å²) in [5.74, 6) is 0.0182. The van der Waals surface area contributed by atoms with Crippen LogP contribution in [-0.2, 0) is 0 Å². The third kappa shape index (κ3) is 2.18. The van der Waals surface area contributed by atoms with E-state index < -0.39 is 0 Å². The molecule has 2 saturated heterocycles. The Hall–Kier alpha value is -1.62. The topological polar surface area (TPSA) is 62.5 Å². The van der Waals surface area contributed by atoms with Gasteiger partial charge in [0.05, 0.1) is 5.56 Å². The number of nitrogens with zero attached hydrogens (tertiary/aromatic N) is 3. The molecular formula is C14H20N4O. The Balaban J connectivity index is 1.81. The number of hydrogen-bond donors (Lipinski definition) is 1. The molecular weight excluding hydrogens is 240 g/mol. The van der Waals surface area contributed by atoms with E-state index in [1.165, 1.54) is 19.4 Å². The molecule has 19 heavy (non-hydrogen) atoms. The van der Waals surface area contributed by atoms with Crippen molar-refractivity contribution >= 4 is 11.6 Å². The van der Waals surface area contributed by atoms with Crippen LogP contribution < -0.4 is 5.73 Å². The van der Waals surface area contributed by atoms with E-state index in [4.69, 9.17) is 5.73 Å². The lowest BCUT2D eigenvalue weighted by Crippen LogP contribution is -2.56. The van der Waals surface area contributed by atoms with Gasteiger partial charge in [-0.3, -0.25) is 14.7 Å². The van der Waals surface area contributed by atoms with Gasteiger partial charge in [0.1, 0.15) is 0 Å². The highest BCUT2D eigenvalue weighted by molar-refractivity contribution is 5.99. The zero-order valence-corrected chi connectivity index (χ0v) is 11.2. The number of hydrogen-bond acceptors (Lipinski definition) is 4. The molecule has 0 bridgehead atoms. The van der Waals surface area contributed by atoms with Crippen molar-refractivity contribution in [2.24, 2.45) is 0 Å². The average molecular weight is 260 g/mol. The average Bonchev–Trinajstić information content (AvgIpc) is 2.84. The van der Waals surface area contributed by atoms with Crippen molar-refractivity contribution in [2.75, 3.05) is 25.4 Å². The maximum absolute atomic E-state index is 12.6. The first-order chi connectivity index (χ1) is 9.16. The van der Waals surface area contributed by atoms with Gasteiger partial charge in [-0.1, -0.05) is 0 Å². The highest BCUT2D eigenvalue weighted by atomic mass is 16.2. The Kier molecular flexibility index (Phi) is 3.14. The van der Waals surface area contributed by atoms with E-state index in [0.29, 0.717) is 17.3 Å². The molecule has 2 atom stereocenters. The Bertz CT molecular complexity index is 490. The quantitative estimate of drug-likeness (QED) is 0.817. The number of anilines is 1. The van der Waals surface area contributed by atoms with Gasteiger partial charge in [0.15, 0.2) is 0 Å². The molecule has 2 fully saturated rings. The lowest BCUT2D eigenvalue weighted by atomic mass is 10.1. The first kappa shape index (κ1) is 12.4. The molecule has 1 aromatic heterocycles. The highest BCUT2D eigenvalue weighted by Gasteiger charge is 2.37. The number of rotatable bonds is 1. The fraction of sp³-hybridized carbons (Fsp3) is 0.571. The third-order valence-electron chi connectivity index (χ3n) is 4.28. The predicted octanol–water partition coefficient (Wildman–Crippen LogP) is 0.972. The summed E-state index contributed by atoms with van der Waals surface area (Å²) in [7, 11) is 0. The molecule has 2 unspecified atom stereocenters. The molecule has 0 radical (unpaired) electrons. The van der Waals surface area contributed by atoms with Gasteiger partial charge in [-0.05, 0) is 32.4 Å². The SMILES string of the molecule is CC1CN2CCCC2CN1C(=O)c1cnccc1N. The summed E-state index contributed by atoms with van der Waals surface area (Å²) in [6.45, 7) is 5.07. The molecule has 0 saturated carbocycles. The number of aromatic nitrogens is 1. The summed E-state index contributed by atoms with van der Waals surface area (Å²) < 4.78 is 0. The monoisotopic (exact) mass is 260 g/mol. The molecule has 1 amide bonds. The number of pyridine rings is 1. The molecule has 102 valence electrons. The highest BCUT2D eigenvalue weighted by Crippen LogP contribution is 2.26. The van der Waals surface area contributed by atoms with Crippen LogP contribution in [0.5, 0.6) is 0 Å². The summed E-state index contributed by atoms with van der Waals surface area (Å²) in [5.41, 5.74) is 6.93. The van der Waals surface area contributed by atoms with Crippen LogP contribution in [0.25, 0.3) is 0 Å². The smallest absolute Gasteiger partial charge is 0.257 e. The maximum atomic E-state index is 12.6. The normalized spacial score (nSPS) is 27.3. The van der Waals surface area contributed by atoms with Crippen LogP contribution in [0.15, 0.2) is 18.5 Å². The summed E-state index contributed by atoms with van der Waals surface area (Å²) in [6, 6.07) is 2.45. The number of fused-ring (bicyclic) bond motifs is 1. The minimum atomic E-state index is 0.0182. The van der Waals surface area contributed by atoms with Gasteiger partial charge < -0.3 is 10.6 Å². The number of carbonyl (C=O) groups is 1. The number of piperazine rings is 1. The second-order valence-corrected chi connectivity index (χ2v) is 5.56. The lowest BCUT2D eigenvalue weighted by Gasteiger charge is -2.42. The van der Waals surface area contributed by atoms with E-state index in [1.54, 1.807) is 18.5 Å². The van der Waals surface area contributed by atoms with Gasteiger partial charge in [0.2, 0.25) is 0 Å². The van der Waals surface area contributed by atoms with Crippen molar-refractivity contribution in [2.45, 2.75) is 31.8 Å². The Labute approximate surface area is 113 Å². The van der Waals surface area contributed by atoms with Gasteiger partial charge in [-0.15, -0.1) is 0 Å². The Morgan fingerprint density at radius 1 is 1.47 bits per heavy atom. The van der Waals surface area contributed by atoms with Crippen molar-refractivity contribution in [1.29, 1.82) is 0 Å². The molecule has 3 rings (SSSR count). The van der Waals surface area contributed by atoms with E-state index in [2.05, 4.69) is 16.8 Å². The van der Waals surface area contributed by atoms with E-state index in [9.17, 15) is 4.79 Å². The molecule has 0 aliphatic carbocycles. The zero-order valence-electron chi connectivity index (χ0n) is 11.2. The molecule has 3 heterocycles. The Morgan fingerprint density at radius 3 is 3.11 bits per heavy atom. The standard InChI is InChI=1S/C14H20N4O/c1-10-8-17-6-2-3-11(17)9-18(10)14(19)12-7-16-5-4-13(12)15/h4-5,7,10-11H,2-3,6,8-9H2,1H3,(H2,15,16). The molecule has 2 N–H and O–H groups in total. The first-order valence-electron chi connectivity index (χ1n) is 6.91. The van der Waals surface area contributed by atoms with Crippen LogP contribution in [0.1, 0.15) is 30.1 Å². The van der Waals surface area contributed by atoms with Gasteiger partial charge in [-0.2, -0.15) is 0 Å². The van der Waals surface area contributed by atoms with E-state index in [-0.39, 0.29) is 11.9 Å². The van der Waals surface area contributed by atoms with Crippen molar-refractivity contribution in [1.82, 2.24) is 14.8 Å². The molecule has 0 spiro atoms. The second-order valence-electron chi connectivity index (χ2n) is 5.56. The fourth-order valence-corrected chi connectivity index (χ4v) is 3.21. The maximum Gasteiger partial charge on any atom is 0.257 e. The van der Waals surface area contributed by atoms with Gasteiger partial charge >= 0.3 is 0 Å². The molecule has 5 nitrogen and oxygen atoms in total. The summed E-state index contributed by atoms with van der Waals surface area (Å²) in [6.07, 6.45) is 5.63. The number of amides is 1. The van der Waals surface area contributed by atoms with Crippen LogP contribution in [0.3, 0.4) is 0 Å². The van der Waals surface area contributed by atoms with Crippen molar-refractivity contribution in [3.63, 3.8) is 0 Å². The van der Waals surface area contributed by atoms with E-state index in [0.717, 1.165) is 13.1 Å².